The van der Waals surface area contributed by atoms with Gasteiger partial charge in [0.25, 0.3) is 0 Å². The van der Waals surface area contributed by atoms with Crippen LogP contribution in [0.3, 0.4) is 0 Å². The van der Waals surface area contributed by atoms with Crippen LogP contribution in [-0.2, 0) is 14.3 Å². The number of carbonyl (C=O) groups excluding carboxylic acids is 1. The number of rotatable bonds is 5. The summed E-state index contributed by atoms with van der Waals surface area (Å²) in [7, 11) is 0. The molecule has 0 spiro atoms. The van der Waals surface area contributed by atoms with Crippen LogP contribution in [0.5, 0.6) is 0 Å². The van der Waals surface area contributed by atoms with Gasteiger partial charge in [-0.15, -0.1) is 0 Å². The topological polar surface area (TPSA) is 66.8 Å². The standard InChI is InChI=1S/C15H25NO4/c1-11(2)8-12-10-20-7-6-16(12)13(17)9-15(14(18)19)4-3-5-15/h11-12H,3-10H2,1-2H3,(H,18,19). The minimum absolute atomic E-state index is 0.0129. The van der Waals surface area contributed by atoms with Gasteiger partial charge >= 0.3 is 5.97 Å². The Morgan fingerprint density at radius 3 is 2.60 bits per heavy atom. The Morgan fingerprint density at radius 1 is 1.40 bits per heavy atom. The molecule has 2 fully saturated rings. The minimum Gasteiger partial charge on any atom is -0.481 e. The molecule has 2 aliphatic rings. The third-order valence-electron chi connectivity index (χ3n) is 4.55. The van der Waals surface area contributed by atoms with Crippen molar-refractivity contribution >= 4 is 11.9 Å². The van der Waals surface area contributed by atoms with E-state index in [0.29, 0.717) is 38.5 Å². The highest BCUT2D eigenvalue weighted by Gasteiger charge is 2.47. The van der Waals surface area contributed by atoms with Gasteiger partial charge in [0.05, 0.1) is 24.7 Å². The summed E-state index contributed by atoms with van der Waals surface area (Å²) in [6.45, 7) is 5.97. The van der Waals surface area contributed by atoms with Crippen LogP contribution in [0.25, 0.3) is 0 Å². The molecule has 1 atom stereocenters. The Balaban J connectivity index is 2.00. The molecule has 1 N–H and O–H groups in total. The maximum absolute atomic E-state index is 12.5. The van der Waals surface area contributed by atoms with Crippen LogP contribution in [0.4, 0.5) is 0 Å². The lowest BCUT2D eigenvalue weighted by Gasteiger charge is -2.41. The molecule has 2 rings (SSSR count). The average molecular weight is 283 g/mol. The number of nitrogens with zero attached hydrogens (tertiary/aromatic N) is 1. The van der Waals surface area contributed by atoms with E-state index in [-0.39, 0.29) is 18.4 Å². The summed E-state index contributed by atoms with van der Waals surface area (Å²) < 4.78 is 5.47. The molecule has 1 saturated carbocycles. The van der Waals surface area contributed by atoms with Crippen molar-refractivity contribution in [1.29, 1.82) is 0 Å². The molecule has 20 heavy (non-hydrogen) atoms. The highest BCUT2D eigenvalue weighted by atomic mass is 16.5. The minimum atomic E-state index is -0.814. The highest BCUT2D eigenvalue weighted by Crippen LogP contribution is 2.44. The summed E-state index contributed by atoms with van der Waals surface area (Å²) in [5, 5.41) is 9.35. The van der Waals surface area contributed by atoms with Gasteiger partial charge in [0, 0.05) is 13.0 Å². The molecule has 1 heterocycles. The summed E-state index contributed by atoms with van der Waals surface area (Å²) in [5.41, 5.74) is -0.794. The average Bonchev–Trinajstić information content (AvgIpc) is 2.33. The molecular weight excluding hydrogens is 258 g/mol. The van der Waals surface area contributed by atoms with Crippen LogP contribution in [0.1, 0.15) is 46.0 Å². The third-order valence-corrected chi connectivity index (χ3v) is 4.55. The van der Waals surface area contributed by atoms with E-state index < -0.39 is 11.4 Å². The number of ether oxygens (including phenoxy) is 1. The van der Waals surface area contributed by atoms with Crippen LogP contribution < -0.4 is 0 Å². The van der Waals surface area contributed by atoms with Gasteiger partial charge < -0.3 is 14.7 Å². The monoisotopic (exact) mass is 283 g/mol. The summed E-state index contributed by atoms with van der Waals surface area (Å²) in [5.74, 6) is -0.332. The Bertz CT molecular complexity index is 376. The van der Waals surface area contributed by atoms with Crippen LogP contribution in [0.15, 0.2) is 0 Å². The molecule has 5 nitrogen and oxygen atoms in total. The first kappa shape index (κ1) is 15.3. The van der Waals surface area contributed by atoms with Crippen molar-refractivity contribution in [3.8, 4) is 0 Å². The molecule has 1 amide bonds. The predicted molar refractivity (Wildman–Crippen MR) is 74.3 cm³/mol. The first-order valence-corrected chi connectivity index (χ1v) is 7.55. The molecule has 1 aliphatic carbocycles. The number of hydrogen-bond donors (Lipinski definition) is 1. The first-order chi connectivity index (χ1) is 9.44. The lowest BCUT2D eigenvalue weighted by atomic mass is 9.66. The normalized spacial score (nSPS) is 25.4. The van der Waals surface area contributed by atoms with Gasteiger partial charge in [0.1, 0.15) is 0 Å². The molecule has 1 saturated heterocycles. The van der Waals surface area contributed by atoms with Crippen molar-refractivity contribution in [3.05, 3.63) is 0 Å². The zero-order valence-electron chi connectivity index (χ0n) is 12.4. The second-order valence-corrected chi connectivity index (χ2v) is 6.56. The fourth-order valence-corrected chi connectivity index (χ4v) is 3.18. The maximum atomic E-state index is 12.5. The summed E-state index contributed by atoms with van der Waals surface area (Å²) >= 11 is 0. The second-order valence-electron chi connectivity index (χ2n) is 6.56. The van der Waals surface area contributed by atoms with Gasteiger partial charge in [-0.3, -0.25) is 9.59 Å². The van der Waals surface area contributed by atoms with E-state index in [9.17, 15) is 14.7 Å². The highest BCUT2D eigenvalue weighted by molar-refractivity contribution is 5.86. The Kier molecular flexibility index (Phi) is 4.68. The first-order valence-electron chi connectivity index (χ1n) is 7.55. The molecular formula is C15H25NO4. The molecule has 0 aromatic rings. The molecule has 0 bridgehead atoms. The largest absolute Gasteiger partial charge is 0.481 e. The van der Waals surface area contributed by atoms with Crippen LogP contribution in [-0.4, -0.2) is 47.7 Å². The van der Waals surface area contributed by atoms with E-state index in [1.807, 2.05) is 4.90 Å². The van der Waals surface area contributed by atoms with Crippen molar-refractivity contribution in [2.45, 2.75) is 52.0 Å². The van der Waals surface area contributed by atoms with E-state index in [1.165, 1.54) is 0 Å². The zero-order chi connectivity index (χ0) is 14.8. The van der Waals surface area contributed by atoms with Gasteiger partial charge in [-0.05, 0) is 25.2 Å². The van der Waals surface area contributed by atoms with Crippen molar-refractivity contribution in [1.82, 2.24) is 4.90 Å². The fraction of sp³-hybridized carbons (Fsp3) is 0.867. The second kappa shape index (κ2) is 6.12. The summed E-state index contributed by atoms with van der Waals surface area (Å²) in [4.78, 5) is 25.7. The fourth-order valence-electron chi connectivity index (χ4n) is 3.18. The molecule has 1 aliphatic heterocycles. The quantitative estimate of drug-likeness (QED) is 0.837. The number of carboxylic acids is 1. The number of amides is 1. The summed E-state index contributed by atoms with van der Waals surface area (Å²) in [6.07, 6.45) is 3.24. The van der Waals surface area contributed by atoms with Gasteiger partial charge in [-0.1, -0.05) is 20.3 Å². The SMILES string of the molecule is CC(C)CC1COCCN1C(=O)CC1(C(=O)O)CCC1. The Hall–Kier alpha value is -1.10. The number of morpholine rings is 1. The van der Waals surface area contributed by atoms with Gasteiger partial charge in [-0.2, -0.15) is 0 Å². The van der Waals surface area contributed by atoms with Crippen LogP contribution in [0.2, 0.25) is 0 Å². The third kappa shape index (κ3) is 3.14. The number of carboxylic acid groups (broad SMARTS) is 1. The number of hydrogen-bond acceptors (Lipinski definition) is 3. The number of carbonyl (C=O) groups is 2. The van der Waals surface area contributed by atoms with E-state index in [1.54, 1.807) is 0 Å². The van der Waals surface area contributed by atoms with E-state index in [4.69, 9.17) is 4.74 Å². The van der Waals surface area contributed by atoms with Crippen molar-refractivity contribution in [3.63, 3.8) is 0 Å². The van der Waals surface area contributed by atoms with Crippen molar-refractivity contribution in [2.24, 2.45) is 11.3 Å². The molecule has 0 aromatic heterocycles. The molecule has 0 radical (unpaired) electrons. The molecule has 114 valence electrons. The maximum Gasteiger partial charge on any atom is 0.310 e. The lowest BCUT2D eigenvalue weighted by molar-refractivity contribution is -0.162. The Morgan fingerprint density at radius 2 is 2.10 bits per heavy atom. The van der Waals surface area contributed by atoms with E-state index in [0.717, 1.165) is 12.8 Å². The van der Waals surface area contributed by atoms with E-state index >= 15 is 0 Å². The van der Waals surface area contributed by atoms with Gasteiger partial charge in [-0.25, -0.2) is 0 Å². The van der Waals surface area contributed by atoms with Crippen LogP contribution >= 0.6 is 0 Å². The Labute approximate surface area is 120 Å². The number of aliphatic carboxylic acids is 1. The predicted octanol–water partition coefficient (Wildman–Crippen LogP) is 1.90. The molecule has 5 heteroatoms. The van der Waals surface area contributed by atoms with E-state index in [2.05, 4.69) is 13.8 Å². The van der Waals surface area contributed by atoms with Crippen molar-refractivity contribution < 1.29 is 19.4 Å². The zero-order valence-corrected chi connectivity index (χ0v) is 12.4. The summed E-state index contributed by atoms with van der Waals surface area (Å²) in [6, 6.07) is 0.0992. The van der Waals surface area contributed by atoms with Crippen LogP contribution in [0, 0.1) is 11.3 Å². The lowest BCUT2D eigenvalue weighted by Crippen LogP contribution is -2.52. The van der Waals surface area contributed by atoms with Gasteiger partial charge in [0.15, 0.2) is 0 Å². The molecule has 1 unspecified atom stereocenters. The smallest absolute Gasteiger partial charge is 0.310 e. The van der Waals surface area contributed by atoms with Gasteiger partial charge in [0.2, 0.25) is 5.91 Å². The van der Waals surface area contributed by atoms with Crippen molar-refractivity contribution in [2.75, 3.05) is 19.8 Å². The molecule has 0 aromatic carbocycles.